The molecule has 0 aliphatic heterocycles. The summed E-state index contributed by atoms with van der Waals surface area (Å²) in [5, 5.41) is 0. The van der Waals surface area contributed by atoms with Gasteiger partial charge < -0.3 is 4.40 Å². The van der Waals surface area contributed by atoms with Crippen molar-refractivity contribution in [2.45, 2.75) is 6.92 Å². The Balaban J connectivity index is 2.93. The average molecular weight is 130 g/mol. The summed E-state index contributed by atoms with van der Waals surface area (Å²) in [6, 6.07) is 6.64. The van der Waals surface area contributed by atoms with Crippen LogP contribution >= 0.6 is 0 Å². The second kappa shape index (κ2) is 1.84. The Kier molecular flexibility index (Phi) is 1.01. The summed E-state index contributed by atoms with van der Waals surface area (Å²) in [5.74, 6) is 0. The molecule has 0 aromatic carbocycles. The van der Waals surface area contributed by atoms with E-state index in [2.05, 4.69) is 17.2 Å². The van der Waals surface area contributed by atoms with E-state index >= 15 is 0 Å². The van der Waals surface area contributed by atoms with E-state index in [-0.39, 0.29) is 0 Å². The van der Waals surface area contributed by atoms with Gasteiger partial charge in [-0.05, 0) is 25.1 Å². The number of pyridine rings is 1. The van der Waals surface area contributed by atoms with Crippen molar-refractivity contribution >= 4 is 5.65 Å². The number of nitrogens with zero attached hydrogens (tertiary/aromatic N) is 2. The van der Waals surface area contributed by atoms with E-state index in [0.717, 1.165) is 11.3 Å². The summed E-state index contributed by atoms with van der Waals surface area (Å²) in [7, 11) is 0. The van der Waals surface area contributed by atoms with Gasteiger partial charge in [-0.3, -0.25) is 0 Å². The van der Waals surface area contributed by atoms with Crippen molar-refractivity contribution < 1.29 is 0 Å². The van der Waals surface area contributed by atoms with Crippen LogP contribution < -0.4 is 0 Å². The molecule has 2 aromatic rings. The number of aryl methyl sites for hydroxylation is 1. The van der Waals surface area contributed by atoms with Gasteiger partial charge in [0, 0.05) is 11.9 Å². The molecule has 0 saturated carbocycles. The Morgan fingerprint density at radius 3 is 3.30 bits per heavy atom. The molecule has 2 radical (unpaired) electrons. The smallest absolute Gasteiger partial charge is 0.138 e. The molecular formula is C8H6N2. The van der Waals surface area contributed by atoms with Gasteiger partial charge in [0.1, 0.15) is 11.8 Å². The summed E-state index contributed by atoms with van der Waals surface area (Å²) >= 11 is 0. The van der Waals surface area contributed by atoms with Crippen LogP contribution in [-0.4, -0.2) is 9.38 Å². The molecule has 0 fully saturated rings. The second-order valence-corrected chi connectivity index (χ2v) is 2.16. The van der Waals surface area contributed by atoms with Crippen LogP contribution in [0, 0.1) is 19.2 Å². The molecule has 0 aliphatic rings. The Morgan fingerprint density at radius 1 is 1.60 bits per heavy atom. The first-order valence-corrected chi connectivity index (χ1v) is 3.10. The average Bonchev–Trinajstić information content (AvgIpc) is 2.34. The Labute approximate surface area is 59.1 Å². The number of aromatic nitrogens is 2. The third-order valence-corrected chi connectivity index (χ3v) is 1.47. The fourth-order valence-electron chi connectivity index (χ4n) is 0.948. The molecule has 48 valence electrons. The van der Waals surface area contributed by atoms with Crippen molar-refractivity contribution in [3.63, 3.8) is 0 Å². The minimum absolute atomic E-state index is 0.903. The lowest BCUT2D eigenvalue weighted by atomic mass is 10.4. The van der Waals surface area contributed by atoms with Crippen molar-refractivity contribution in [3.8, 4) is 0 Å². The van der Waals surface area contributed by atoms with Gasteiger partial charge in [0.2, 0.25) is 0 Å². The summed E-state index contributed by atoms with van der Waals surface area (Å²) in [6.07, 6.45) is 4.79. The zero-order chi connectivity index (χ0) is 6.97. The minimum Gasteiger partial charge on any atom is -0.304 e. The van der Waals surface area contributed by atoms with Crippen LogP contribution in [-0.2, 0) is 0 Å². The van der Waals surface area contributed by atoms with Crippen LogP contribution in [0.4, 0.5) is 0 Å². The van der Waals surface area contributed by atoms with Gasteiger partial charge in [-0.2, -0.15) is 0 Å². The predicted molar refractivity (Wildman–Crippen MR) is 37.6 cm³/mol. The van der Waals surface area contributed by atoms with Crippen molar-refractivity contribution in [3.05, 3.63) is 36.3 Å². The van der Waals surface area contributed by atoms with E-state index < -0.39 is 0 Å². The van der Waals surface area contributed by atoms with Crippen LogP contribution in [0.2, 0.25) is 0 Å². The quantitative estimate of drug-likeness (QED) is 0.524. The highest BCUT2D eigenvalue weighted by Gasteiger charge is 1.94. The standard InChI is InChI=1S/C8H6N2/c1-7-6-9-8-4-2-3-5-10(7)8/h3-5H,1H3. The van der Waals surface area contributed by atoms with E-state index in [1.54, 1.807) is 0 Å². The largest absolute Gasteiger partial charge is 0.304 e. The van der Waals surface area contributed by atoms with Gasteiger partial charge in [0.15, 0.2) is 0 Å². The van der Waals surface area contributed by atoms with Gasteiger partial charge in [-0.25, -0.2) is 4.98 Å². The molecular weight excluding hydrogens is 124 g/mol. The number of hydrogen-bond acceptors (Lipinski definition) is 1. The lowest BCUT2D eigenvalue weighted by molar-refractivity contribution is 1.11. The van der Waals surface area contributed by atoms with Gasteiger partial charge in [-0.1, -0.05) is 0 Å². The molecule has 2 nitrogen and oxygen atoms in total. The van der Waals surface area contributed by atoms with Gasteiger partial charge >= 0.3 is 0 Å². The summed E-state index contributed by atoms with van der Waals surface area (Å²) in [5.41, 5.74) is 1.93. The molecule has 0 bridgehead atoms. The topological polar surface area (TPSA) is 17.3 Å². The first kappa shape index (κ1) is 5.47. The SMILES string of the molecule is Cc1[c]nc2c[c]ccn12. The maximum atomic E-state index is 4.02. The maximum Gasteiger partial charge on any atom is 0.138 e. The van der Waals surface area contributed by atoms with Crippen LogP contribution in [0.15, 0.2) is 18.3 Å². The normalized spacial score (nSPS) is 10.5. The number of rotatable bonds is 0. The fourth-order valence-corrected chi connectivity index (χ4v) is 0.948. The highest BCUT2D eigenvalue weighted by Crippen LogP contribution is 2.01. The zero-order valence-electron chi connectivity index (χ0n) is 5.63. The van der Waals surface area contributed by atoms with E-state index in [1.165, 1.54) is 0 Å². The number of imidazole rings is 1. The van der Waals surface area contributed by atoms with Crippen molar-refractivity contribution in [2.24, 2.45) is 0 Å². The van der Waals surface area contributed by atoms with E-state index in [9.17, 15) is 0 Å². The van der Waals surface area contributed by atoms with Crippen LogP contribution in [0.25, 0.3) is 5.65 Å². The van der Waals surface area contributed by atoms with Crippen molar-refractivity contribution in [1.29, 1.82) is 0 Å². The molecule has 0 atom stereocenters. The molecule has 2 aromatic heterocycles. The lowest BCUT2D eigenvalue weighted by Gasteiger charge is -1.91. The Bertz CT molecular complexity index is 349. The third-order valence-electron chi connectivity index (χ3n) is 1.47. The highest BCUT2D eigenvalue weighted by molar-refractivity contribution is 5.38. The third kappa shape index (κ3) is 0.620. The molecule has 2 rings (SSSR count). The second-order valence-electron chi connectivity index (χ2n) is 2.16. The Morgan fingerprint density at radius 2 is 2.50 bits per heavy atom. The zero-order valence-corrected chi connectivity index (χ0v) is 5.63. The van der Waals surface area contributed by atoms with E-state index in [0.29, 0.717) is 0 Å². The molecule has 2 heteroatoms. The molecule has 0 N–H and O–H groups in total. The number of fused-ring (bicyclic) bond motifs is 1. The first-order valence-electron chi connectivity index (χ1n) is 3.10. The van der Waals surface area contributed by atoms with Crippen molar-refractivity contribution in [1.82, 2.24) is 9.38 Å². The molecule has 0 spiro atoms. The molecule has 0 unspecified atom stereocenters. The first-order chi connectivity index (χ1) is 4.88. The van der Waals surface area contributed by atoms with Crippen molar-refractivity contribution in [2.75, 3.05) is 0 Å². The summed E-state index contributed by atoms with van der Waals surface area (Å²) in [6.45, 7) is 1.97. The fraction of sp³-hybridized carbons (Fsp3) is 0.125. The molecule has 2 heterocycles. The van der Waals surface area contributed by atoms with Gasteiger partial charge in [-0.15, -0.1) is 0 Å². The maximum absolute atomic E-state index is 4.02. The van der Waals surface area contributed by atoms with Gasteiger partial charge in [0.25, 0.3) is 0 Å². The molecule has 10 heavy (non-hydrogen) atoms. The molecule has 0 saturated heterocycles. The molecule has 0 amide bonds. The molecule has 0 aliphatic carbocycles. The monoisotopic (exact) mass is 130 g/mol. The minimum atomic E-state index is 0.903. The van der Waals surface area contributed by atoms with Crippen LogP contribution in [0.3, 0.4) is 0 Å². The lowest BCUT2D eigenvalue weighted by Crippen LogP contribution is -1.83. The van der Waals surface area contributed by atoms with E-state index in [4.69, 9.17) is 0 Å². The number of hydrogen-bond donors (Lipinski definition) is 0. The van der Waals surface area contributed by atoms with Crippen LogP contribution in [0.5, 0.6) is 0 Å². The van der Waals surface area contributed by atoms with E-state index in [1.807, 2.05) is 29.7 Å². The highest BCUT2D eigenvalue weighted by atomic mass is 15.0. The van der Waals surface area contributed by atoms with Gasteiger partial charge in [0.05, 0.1) is 0 Å². The van der Waals surface area contributed by atoms with Crippen LogP contribution in [0.1, 0.15) is 5.69 Å². The predicted octanol–water partition coefficient (Wildman–Crippen LogP) is 1.24. The Hall–Kier alpha value is -1.31. The summed E-state index contributed by atoms with van der Waals surface area (Å²) in [4.78, 5) is 4.02. The summed E-state index contributed by atoms with van der Waals surface area (Å²) < 4.78 is 1.97.